The fourth-order valence-electron chi connectivity index (χ4n) is 1.94. The molecule has 1 aromatic rings. The van der Waals surface area contributed by atoms with Gasteiger partial charge in [-0.1, -0.05) is 0 Å². The summed E-state index contributed by atoms with van der Waals surface area (Å²) in [6, 6.07) is 5.75. The maximum atomic E-state index is 11.8. The first-order valence-electron chi connectivity index (χ1n) is 6.00. The van der Waals surface area contributed by atoms with Crippen molar-refractivity contribution in [3.05, 3.63) is 29.8 Å². The number of hydrogen-bond acceptors (Lipinski definition) is 6. The van der Waals surface area contributed by atoms with Crippen LogP contribution in [0.4, 0.5) is 0 Å². The molecule has 1 aliphatic rings. The molecular formula is C12H16N2O5S. The lowest BCUT2D eigenvalue weighted by Gasteiger charge is -2.15. The molecule has 3 N–H and O–H groups in total. The zero-order chi connectivity index (χ0) is 14.8. The van der Waals surface area contributed by atoms with Gasteiger partial charge in [0.2, 0.25) is 0 Å². The van der Waals surface area contributed by atoms with Gasteiger partial charge in [0.15, 0.2) is 9.84 Å². The predicted molar refractivity (Wildman–Crippen MR) is 72.0 cm³/mol. The fourth-order valence-corrected chi connectivity index (χ4v) is 3.68. The molecule has 0 unspecified atom stereocenters. The van der Waals surface area contributed by atoms with Crippen LogP contribution in [0, 0.1) is 0 Å². The van der Waals surface area contributed by atoms with Gasteiger partial charge in [-0.15, -0.1) is 0 Å². The van der Waals surface area contributed by atoms with Crippen LogP contribution in [-0.4, -0.2) is 50.2 Å². The Morgan fingerprint density at radius 3 is 2.45 bits per heavy atom. The third kappa shape index (κ3) is 3.47. The van der Waals surface area contributed by atoms with E-state index in [1.807, 2.05) is 0 Å². The van der Waals surface area contributed by atoms with Gasteiger partial charge < -0.3 is 9.84 Å². The summed E-state index contributed by atoms with van der Waals surface area (Å²) in [6.07, 6.45) is -1.02. The lowest BCUT2D eigenvalue weighted by Crippen LogP contribution is -2.49. The molecule has 0 bridgehead atoms. The average molecular weight is 300 g/mol. The van der Waals surface area contributed by atoms with Crippen LogP contribution in [0.3, 0.4) is 0 Å². The van der Waals surface area contributed by atoms with Crippen LogP contribution in [0.25, 0.3) is 0 Å². The van der Waals surface area contributed by atoms with Crippen molar-refractivity contribution in [2.24, 2.45) is 0 Å². The van der Waals surface area contributed by atoms with Crippen LogP contribution < -0.4 is 15.6 Å². The molecule has 2 rings (SSSR count). The maximum Gasteiger partial charge on any atom is 0.265 e. The number of rotatable bonds is 4. The number of nitrogens with one attached hydrogen (secondary N) is 2. The number of amides is 1. The number of ether oxygens (including phenoxy) is 1. The molecule has 7 nitrogen and oxygen atoms in total. The van der Waals surface area contributed by atoms with Crippen LogP contribution in [0.1, 0.15) is 10.4 Å². The first kappa shape index (κ1) is 14.8. The zero-order valence-corrected chi connectivity index (χ0v) is 11.7. The highest BCUT2D eigenvalue weighted by Crippen LogP contribution is 2.13. The number of aliphatic hydroxyl groups is 1. The second kappa shape index (κ2) is 5.78. The predicted octanol–water partition coefficient (Wildman–Crippen LogP) is -0.912. The summed E-state index contributed by atoms with van der Waals surface area (Å²) in [5.74, 6) is -0.267. The van der Waals surface area contributed by atoms with Crippen molar-refractivity contribution >= 4 is 15.7 Å². The standard InChI is InChI=1S/C12H16N2O5S/c1-19-9-4-2-8(3-5-9)12(16)14-13-10-6-20(17,18)7-11(10)15/h2-5,10-11,13,15H,6-7H2,1H3,(H,14,16)/t10-,11+/m0/s1. The molecule has 20 heavy (non-hydrogen) atoms. The highest BCUT2D eigenvalue weighted by molar-refractivity contribution is 7.91. The van der Waals surface area contributed by atoms with E-state index in [0.717, 1.165) is 0 Å². The largest absolute Gasteiger partial charge is 0.497 e. The molecule has 0 saturated carbocycles. The minimum absolute atomic E-state index is 0.197. The minimum Gasteiger partial charge on any atom is -0.497 e. The third-order valence-electron chi connectivity index (χ3n) is 3.05. The Bertz CT molecular complexity index is 584. The van der Waals surface area contributed by atoms with Crippen molar-refractivity contribution in [1.29, 1.82) is 0 Å². The first-order chi connectivity index (χ1) is 9.41. The summed E-state index contributed by atoms with van der Waals surface area (Å²) in [5, 5.41) is 9.57. The molecular weight excluding hydrogens is 284 g/mol. The van der Waals surface area contributed by atoms with Crippen molar-refractivity contribution in [1.82, 2.24) is 10.9 Å². The summed E-state index contributed by atoms with van der Waals surface area (Å²) in [4.78, 5) is 11.8. The lowest BCUT2D eigenvalue weighted by molar-refractivity contribution is 0.0901. The van der Waals surface area contributed by atoms with E-state index >= 15 is 0 Å². The molecule has 1 aliphatic heterocycles. The van der Waals surface area contributed by atoms with Gasteiger partial charge in [0.1, 0.15) is 5.75 Å². The summed E-state index contributed by atoms with van der Waals surface area (Å²) in [6.45, 7) is 0. The zero-order valence-electron chi connectivity index (χ0n) is 10.9. The number of methoxy groups -OCH3 is 1. The van der Waals surface area contributed by atoms with Crippen LogP contribution in [-0.2, 0) is 9.84 Å². The summed E-state index contributed by atoms with van der Waals surface area (Å²) in [5.41, 5.74) is 5.34. The van der Waals surface area contributed by atoms with Gasteiger partial charge in [0.25, 0.3) is 5.91 Å². The Kier molecular flexibility index (Phi) is 4.26. The molecule has 2 atom stereocenters. The smallest absolute Gasteiger partial charge is 0.265 e. The highest BCUT2D eigenvalue weighted by atomic mass is 32.2. The molecule has 110 valence electrons. The van der Waals surface area contributed by atoms with Gasteiger partial charge in [0, 0.05) is 5.56 Å². The number of carbonyl (C=O) groups is 1. The van der Waals surface area contributed by atoms with Crippen molar-refractivity contribution in [3.63, 3.8) is 0 Å². The molecule has 0 radical (unpaired) electrons. The van der Waals surface area contributed by atoms with Gasteiger partial charge in [-0.05, 0) is 24.3 Å². The van der Waals surface area contributed by atoms with Crippen LogP contribution in [0.2, 0.25) is 0 Å². The Hall–Kier alpha value is -1.64. The number of hydrogen-bond donors (Lipinski definition) is 3. The summed E-state index contributed by atoms with van der Waals surface area (Å²) in [7, 11) is -1.72. The Morgan fingerprint density at radius 1 is 1.30 bits per heavy atom. The van der Waals surface area contributed by atoms with Gasteiger partial charge in [0.05, 0.1) is 30.8 Å². The fraction of sp³-hybridized carbons (Fsp3) is 0.417. The van der Waals surface area contributed by atoms with Crippen molar-refractivity contribution < 1.29 is 23.1 Å². The molecule has 1 aromatic carbocycles. The van der Waals surface area contributed by atoms with E-state index in [1.54, 1.807) is 24.3 Å². The van der Waals surface area contributed by atoms with E-state index in [9.17, 15) is 18.3 Å². The SMILES string of the molecule is COc1ccc(C(=O)NN[C@H]2CS(=O)(=O)C[C@H]2O)cc1. The maximum absolute atomic E-state index is 11.8. The first-order valence-corrected chi connectivity index (χ1v) is 7.82. The van der Waals surface area contributed by atoms with Crippen LogP contribution in [0.15, 0.2) is 24.3 Å². The number of benzene rings is 1. The van der Waals surface area contributed by atoms with E-state index < -0.39 is 27.9 Å². The second-order valence-electron chi connectivity index (χ2n) is 4.58. The molecule has 0 aromatic heterocycles. The van der Waals surface area contributed by atoms with Gasteiger partial charge in [-0.2, -0.15) is 0 Å². The third-order valence-corrected chi connectivity index (χ3v) is 4.76. The molecule has 0 aliphatic carbocycles. The van der Waals surface area contributed by atoms with Crippen molar-refractivity contribution in [2.75, 3.05) is 18.6 Å². The van der Waals surface area contributed by atoms with Gasteiger partial charge in [-0.25, -0.2) is 13.8 Å². The molecule has 8 heteroatoms. The van der Waals surface area contributed by atoms with E-state index in [1.165, 1.54) is 7.11 Å². The monoisotopic (exact) mass is 300 g/mol. The van der Waals surface area contributed by atoms with Gasteiger partial charge >= 0.3 is 0 Å². The number of hydrazine groups is 1. The van der Waals surface area contributed by atoms with Gasteiger partial charge in [-0.3, -0.25) is 10.2 Å². The quantitative estimate of drug-likeness (QED) is 0.622. The average Bonchev–Trinajstić information content (AvgIpc) is 2.69. The molecule has 0 spiro atoms. The summed E-state index contributed by atoms with van der Waals surface area (Å²) < 4.78 is 27.6. The molecule has 1 heterocycles. The number of carbonyl (C=O) groups excluding carboxylic acids is 1. The number of aliphatic hydroxyl groups excluding tert-OH is 1. The Balaban J connectivity index is 1.92. The van der Waals surface area contributed by atoms with Crippen molar-refractivity contribution in [2.45, 2.75) is 12.1 Å². The van der Waals surface area contributed by atoms with Crippen LogP contribution in [0.5, 0.6) is 5.75 Å². The molecule has 1 saturated heterocycles. The Morgan fingerprint density at radius 2 is 1.95 bits per heavy atom. The second-order valence-corrected chi connectivity index (χ2v) is 6.73. The van der Waals surface area contributed by atoms with Crippen LogP contribution >= 0.6 is 0 Å². The van der Waals surface area contributed by atoms with E-state index in [4.69, 9.17) is 4.74 Å². The topological polar surface area (TPSA) is 105 Å². The van der Waals surface area contributed by atoms with E-state index in [2.05, 4.69) is 10.9 Å². The van der Waals surface area contributed by atoms with E-state index in [-0.39, 0.29) is 11.5 Å². The Labute approximate surface area is 116 Å². The number of sulfone groups is 1. The highest BCUT2D eigenvalue weighted by Gasteiger charge is 2.36. The lowest BCUT2D eigenvalue weighted by atomic mass is 10.2. The molecule has 1 amide bonds. The normalized spacial score (nSPS) is 24.3. The van der Waals surface area contributed by atoms with E-state index in [0.29, 0.717) is 11.3 Å². The minimum atomic E-state index is -3.25. The summed E-state index contributed by atoms with van der Waals surface area (Å²) >= 11 is 0. The molecule has 1 fully saturated rings. The van der Waals surface area contributed by atoms with Crippen molar-refractivity contribution in [3.8, 4) is 5.75 Å².